The first kappa shape index (κ1) is 27.6. The maximum absolute atomic E-state index is 14.0. The molecule has 0 spiro atoms. The number of aliphatic hydroxyl groups is 3. The van der Waals surface area contributed by atoms with Gasteiger partial charge in [0.1, 0.15) is 28.6 Å². The van der Waals surface area contributed by atoms with Crippen molar-refractivity contribution < 1.29 is 39.5 Å². The lowest BCUT2D eigenvalue weighted by Gasteiger charge is -2.50. The van der Waals surface area contributed by atoms with Crippen LogP contribution in [0.4, 0.5) is 0 Å². The average molecular weight is 548 g/mol. The van der Waals surface area contributed by atoms with E-state index >= 15 is 0 Å². The number of hydrogen-bond donors (Lipinski definition) is 4. The topological polar surface area (TPSA) is 145 Å². The van der Waals surface area contributed by atoms with Gasteiger partial charge in [0.2, 0.25) is 5.78 Å². The second kappa shape index (κ2) is 9.91. The molecule has 4 N–H and O–H groups in total. The SMILES string of the molecule is COc1ccc(CCc2ccc(O)c3c2CC2CC4C(N(C)C)C(=O)C(C(C)=O)=C(O)C4(O)C(=O)C2=C3O)cc1. The zero-order chi connectivity index (χ0) is 29.1. The lowest BCUT2D eigenvalue weighted by atomic mass is 9.57. The Labute approximate surface area is 232 Å². The van der Waals surface area contributed by atoms with Crippen LogP contribution in [0.2, 0.25) is 0 Å². The van der Waals surface area contributed by atoms with Gasteiger partial charge >= 0.3 is 0 Å². The molecule has 4 unspecified atom stereocenters. The number of hydrogen-bond acceptors (Lipinski definition) is 9. The summed E-state index contributed by atoms with van der Waals surface area (Å²) >= 11 is 0. The number of benzene rings is 2. The Kier molecular flexibility index (Phi) is 6.84. The van der Waals surface area contributed by atoms with Gasteiger partial charge in [-0.05, 0) is 87.5 Å². The number of phenols is 1. The first-order chi connectivity index (χ1) is 18.9. The number of carbonyl (C=O) groups excluding carboxylic acids is 3. The van der Waals surface area contributed by atoms with Crippen molar-refractivity contribution in [3.63, 3.8) is 0 Å². The number of ketones is 3. The highest BCUT2D eigenvalue weighted by atomic mass is 16.5. The number of phenolic OH excluding ortho intramolecular Hbond substituents is 1. The van der Waals surface area contributed by atoms with E-state index in [0.717, 1.165) is 23.8 Å². The summed E-state index contributed by atoms with van der Waals surface area (Å²) in [6.45, 7) is 1.09. The van der Waals surface area contributed by atoms with Gasteiger partial charge in [0.05, 0.1) is 18.7 Å². The number of aliphatic hydroxyl groups excluding tert-OH is 2. The van der Waals surface area contributed by atoms with Crippen molar-refractivity contribution in [1.82, 2.24) is 4.90 Å². The molecule has 0 amide bonds. The fourth-order valence-electron chi connectivity index (χ4n) is 6.72. The van der Waals surface area contributed by atoms with Gasteiger partial charge in [0.15, 0.2) is 17.2 Å². The zero-order valence-electron chi connectivity index (χ0n) is 22.9. The summed E-state index contributed by atoms with van der Waals surface area (Å²) in [7, 11) is 4.83. The molecule has 1 fully saturated rings. The molecule has 1 saturated carbocycles. The largest absolute Gasteiger partial charge is 0.508 e. The summed E-state index contributed by atoms with van der Waals surface area (Å²) in [6, 6.07) is 9.94. The molecule has 2 aromatic carbocycles. The third-order valence-electron chi connectivity index (χ3n) is 8.65. The van der Waals surface area contributed by atoms with E-state index in [1.165, 1.54) is 11.0 Å². The lowest BCUT2D eigenvalue weighted by Crippen LogP contribution is -2.65. The van der Waals surface area contributed by atoms with E-state index in [1.807, 2.05) is 24.3 Å². The molecule has 9 nitrogen and oxygen atoms in total. The third kappa shape index (κ3) is 4.03. The number of aromatic hydroxyl groups is 1. The minimum Gasteiger partial charge on any atom is -0.508 e. The van der Waals surface area contributed by atoms with Crippen molar-refractivity contribution in [3.05, 3.63) is 75.6 Å². The van der Waals surface area contributed by atoms with Gasteiger partial charge in [-0.15, -0.1) is 0 Å². The van der Waals surface area contributed by atoms with Gasteiger partial charge in [-0.3, -0.25) is 19.3 Å². The Morgan fingerprint density at radius 2 is 1.73 bits per heavy atom. The van der Waals surface area contributed by atoms with Gasteiger partial charge in [-0.2, -0.15) is 0 Å². The van der Waals surface area contributed by atoms with Crippen LogP contribution in [0.25, 0.3) is 5.76 Å². The number of aryl methyl sites for hydroxylation is 2. The van der Waals surface area contributed by atoms with Crippen molar-refractivity contribution in [2.45, 2.75) is 44.2 Å². The molecule has 0 aliphatic heterocycles. The third-order valence-corrected chi connectivity index (χ3v) is 8.65. The first-order valence-corrected chi connectivity index (χ1v) is 13.2. The normalized spacial score (nSPS) is 26.0. The van der Waals surface area contributed by atoms with Crippen LogP contribution in [0.1, 0.15) is 35.6 Å². The van der Waals surface area contributed by atoms with Crippen LogP contribution < -0.4 is 4.74 Å². The van der Waals surface area contributed by atoms with E-state index in [2.05, 4.69) is 0 Å². The molecule has 0 heterocycles. The number of likely N-dealkylation sites (N-methyl/N-ethyl adjacent to an activating group) is 1. The summed E-state index contributed by atoms with van der Waals surface area (Å²) in [6.07, 6.45) is 1.68. The highest BCUT2D eigenvalue weighted by Gasteiger charge is 2.64. The first-order valence-electron chi connectivity index (χ1n) is 13.2. The molecule has 4 atom stereocenters. The molecule has 3 aliphatic rings. The number of ether oxygens (including phenoxy) is 1. The Morgan fingerprint density at radius 3 is 2.33 bits per heavy atom. The standard InChI is InChI=1S/C31H33NO8/c1-15(33)23-28(36)26(32(2)3)21-14-18-13-20-17(8-5-16-6-10-19(40-4)11-7-16)9-12-22(34)25(20)27(35)24(18)30(38)31(21,39)29(23)37/h6-7,9-12,18,21,26,34-35,37,39H,5,8,13-14H2,1-4H3. The van der Waals surface area contributed by atoms with Crippen LogP contribution in [0.15, 0.2) is 53.3 Å². The quantitative estimate of drug-likeness (QED) is 0.401. The van der Waals surface area contributed by atoms with Crippen LogP contribution >= 0.6 is 0 Å². The van der Waals surface area contributed by atoms with E-state index in [0.29, 0.717) is 18.4 Å². The molecular weight excluding hydrogens is 514 g/mol. The fraction of sp³-hybridized carbons (Fsp3) is 0.387. The molecule has 5 rings (SSSR count). The van der Waals surface area contributed by atoms with E-state index in [9.17, 15) is 34.8 Å². The Hall–Kier alpha value is -3.95. The summed E-state index contributed by atoms with van der Waals surface area (Å²) < 4.78 is 5.22. The summed E-state index contributed by atoms with van der Waals surface area (Å²) in [5.41, 5.74) is -0.490. The minimum atomic E-state index is -2.57. The molecule has 40 heavy (non-hydrogen) atoms. The maximum Gasteiger partial charge on any atom is 0.202 e. The van der Waals surface area contributed by atoms with E-state index in [1.54, 1.807) is 27.3 Å². The summed E-state index contributed by atoms with van der Waals surface area (Å²) in [5, 5.41) is 44.9. The molecule has 3 aliphatic carbocycles. The predicted octanol–water partition coefficient (Wildman–Crippen LogP) is 2.86. The van der Waals surface area contributed by atoms with Gasteiger partial charge in [-0.1, -0.05) is 18.2 Å². The van der Waals surface area contributed by atoms with E-state index in [-0.39, 0.29) is 29.7 Å². The van der Waals surface area contributed by atoms with Crippen molar-refractivity contribution >= 4 is 23.1 Å². The highest BCUT2D eigenvalue weighted by Crippen LogP contribution is 2.53. The van der Waals surface area contributed by atoms with Gasteiger partial charge in [-0.25, -0.2) is 0 Å². The fourth-order valence-corrected chi connectivity index (χ4v) is 6.72. The average Bonchev–Trinajstić information content (AvgIpc) is 2.90. The monoisotopic (exact) mass is 547 g/mol. The van der Waals surface area contributed by atoms with Crippen LogP contribution in [0.3, 0.4) is 0 Å². The minimum absolute atomic E-state index is 0.0957. The van der Waals surface area contributed by atoms with Crippen LogP contribution in [0, 0.1) is 11.8 Å². The maximum atomic E-state index is 14.0. The van der Waals surface area contributed by atoms with E-state index in [4.69, 9.17) is 4.74 Å². The smallest absolute Gasteiger partial charge is 0.202 e. The van der Waals surface area contributed by atoms with Crippen LogP contribution in [-0.4, -0.2) is 75.5 Å². The second-order valence-corrected chi connectivity index (χ2v) is 11.1. The molecular formula is C31H33NO8. The zero-order valence-corrected chi connectivity index (χ0v) is 22.9. The molecule has 210 valence electrons. The Balaban J connectivity index is 1.59. The van der Waals surface area contributed by atoms with Gasteiger partial charge in [0.25, 0.3) is 0 Å². The molecule has 0 radical (unpaired) electrons. The van der Waals surface area contributed by atoms with Crippen molar-refractivity contribution in [1.29, 1.82) is 0 Å². The predicted molar refractivity (Wildman–Crippen MR) is 146 cm³/mol. The van der Waals surface area contributed by atoms with Crippen LogP contribution in [-0.2, 0) is 33.6 Å². The van der Waals surface area contributed by atoms with E-state index < -0.39 is 57.9 Å². The number of carbonyl (C=O) groups is 3. The second-order valence-electron chi connectivity index (χ2n) is 11.1. The molecule has 2 aromatic rings. The summed E-state index contributed by atoms with van der Waals surface area (Å²) in [5.74, 6) is -4.88. The number of rotatable bonds is 6. The van der Waals surface area contributed by atoms with Crippen molar-refractivity contribution in [3.8, 4) is 11.5 Å². The Morgan fingerprint density at radius 1 is 1.05 bits per heavy atom. The lowest BCUT2D eigenvalue weighted by molar-refractivity contribution is -0.153. The van der Waals surface area contributed by atoms with Crippen molar-refractivity contribution in [2.75, 3.05) is 21.2 Å². The van der Waals surface area contributed by atoms with Crippen LogP contribution in [0.5, 0.6) is 11.5 Å². The Bertz CT molecular complexity index is 1490. The number of nitrogens with zero attached hydrogens (tertiary/aromatic N) is 1. The van der Waals surface area contributed by atoms with Gasteiger partial charge < -0.3 is 25.2 Å². The number of fused-ring (bicyclic) bond motifs is 3. The molecule has 0 saturated heterocycles. The van der Waals surface area contributed by atoms with Crippen molar-refractivity contribution in [2.24, 2.45) is 11.8 Å². The molecule has 0 aromatic heterocycles. The summed E-state index contributed by atoms with van der Waals surface area (Å²) in [4.78, 5) is 41.1. The number of Topliss-reactive ketones (excluding diaryl/α,β-unsaturated/α-hetero) is 3. The molecule has 0 bridgehead atoms. The number of methoxy groups -OCH3 is 1. The van der Waals surface area contributed by atoms with Gasteiger partial charge in [0, 0.05) is 11.5 Å². The highest BCUT2D eigenvalue weighted by molar-refractivity contribution is 6.25. The molecule has 9 heteroatoms.